The summed E-state index contributed by atoms with van der Waals surface area (Å²) in [7, 11) is 1.67. The Balaban J connectivity index is 2.41. The lowest BCUT2D eigenvalue weighted by Gasteiger charge is -2.14. The van der Waals surface area contributed by atoms with Gasteiger partial charge < -0.3 is 9.84 Å². The fraction of sp³-hybridized carbons (Fsp3) is 0.333. The van der Waals surface area contributed by atoms with Gasteiger partial charge in [-0.25, -0.2) is 0 Å². The van der Waals surface area contributed by atoms with E-state index in [9.17, 15) is 5.11 Å². The molecule has 0 aliphatic heterocycles. The summed E-state index contributed by atoms with van der Waals surface area (Å²) < 4.78 is 6.43. The number of hydrogen-bond donors (Lipinski definition) is 1. The highest BCUT2D eigenvalue weighted by Crippen LogP contribution is 2.36. The average Bonchev–Trinajstić information content (AvgIpc) is 2.68. The lowest BCUT2D eigenvalue weighted by molar-refractivity contribution is 0.224. The van der Waals surface area contributed by atoms with E-state index < -0.39 is 6.10 Å². The van der Waals surface area contributed by atoms with Gasteiger partial charge in [0.1, 0.15) is 11.9 Å². The van der Waals surface area contributed by atoms with Crippen molar-refractivity contribution in [2.24, 2.45) is 0 Å². The maximum Gasteiger partial charge on any atom is 0.124 e. The molecular formula is C15H17BrO2S. The van der Waals surface area contributed by atoms with Crippen LogP contribution in [0, 0.1) is 20.8 Å². The summed E-state index contributed by atoms with van der Waals surface area (Å²) in [5.41, 5.74) is 4.15. The van der Waals surface area contributed by atoms with Crippen molar-refractivity contribution in [3.05, 3.63) is 49.1 Å². The van der Waals surface area contributed by atoms with Crippen LogP contribution in [0.3, 0.4) is 0 Å². The molecule has 0 bridgehead atoms. The molecule has 0 fully saturated rings. The highest BCUT2D eigenvalue weighted by molar-refractivity contribution is 9.11. The molecule has 1 aromatic heterocycles. The van der Waals surface area contributed by atoms with Crippen LogP contribution in [0.4, 0.5) is 0 Å². The van der Waals surface area contributed by atoms with Gasteiger partial charge in [-0.2, -0.15) is 0 Å². The van der Waals surface area contributed by atoms with Crippen molar-refractivity contribution in [2.75, 3.05) is 7.11 Å². The zero-order valence-corrected chi connectivity index (χ0v) is 13.9. The Labute approximate surface area is 126 Å². The van der Waals surface area contributed by atoms with E-state index in [2.05, 4.69) is 15.9 Å². The lowest BCUT2D eigenvalue weighted by atomic mass is 10.0. The Bertz CT molecular complexity index is 562. The van der Waals surface area contributed by atoms with Crippen LogP contribution in [-0.2, 0) is 0 Å². The van der Waals surface area contributed by atoms with E-state index in [4.69, 9.17) is 4.74 Å². The van der Waals surface area contributed by atoms with Gasteiger partial charge in [0.2, 0.25) is 0 Å². The summed E-state index contributed by atoms with van der Waals surface area (Å²) in [5, 5.41) is 10.5. The third kappa shape index (κ3) is 2.86. The fourth-order valence-electron chi connectivity index (χ4n) is 2.25. The molecule has 0 saturated carbocycles. The highest BCUT2D eigenvalue weighted by atomic mass is 79.9. The van der Waals surface area contributed by atoms with Gasteiger partial charge in [0.15, 0.2) is 0 Å². The van der Waals surface area contributed by atoms with Gasteiger partial charge in [0.25, 0.3) is 0 Å². The largest absolute Gasteiger partial charge is 0.496 e. The maximum atomic E-state index is 10.5. The molecule has 1 unspecified atom stereocenters. The van der Waals surface area contributed by atoms with Crippen LogP contribution in [0.25, 0.3) is 0 Å². The minimum atomic E-state index is -0.585. The predicted molar refractivity (Wildman–Crippen MR) is 83.3 cm³/mol. The lowest BCUT2D eigenvalue weighted by Crippen LogP contribution is -2.00. The molecule has 0 saturated heterocycles. The topological polar surface area (TPSA) is 29.5 Å². The van der Waals surface area contributed by atoms with Crippen LogP contribution in [0.15, 0.2) is 22.0 Å². The number of ether oxygens (including phenoxy) is 1. The van der Waals surface area contributed by atoms with Crippen molar-refractivity contribution in [3.63, 3.8) is 0 Å². The van der Waals surface area contributed by atoms with Gasteiger partial charge in [-0.15, -0.1) is 11.3 Å². The molecule has 102 valence electrons. The normalized spacial score (nSPS) is 12.5. The minimum Gasteiger partial charge on any atom is -0.496 e. The average molecular weight is 341 g/mol. The van der Waals surface area contributed by atoms with Crippen molar-refractivity contribution < 1.29 is 9.84 Å². The number of thiophene rings is 1. The SMILES string of the molecule is COc1c(C)cc(C(O)c2cc(C)c(Br)s2)cc1C. The summed E-state index contributed by atoms with van der Waals surface area (Å²) >= 11 is 5.07. The van der Waals surface area contributed by atoms with Crippen LogP contribution < -0.4 is 4.74 Å². The van der Waals surface area contributed by atoms with Gasteiger partial charge in [0, 0.05) is 4.88 Å². The summed E-state index contributed by atoms with van der Waals surface area (Å²) in [6, 6.07) is 5.99. The van der Waals surface area contributed by atoms with E-state index in [1.165, 1.54) is 0 Å². The quantitative estimate of drug-likeness (QED) is 0.889. The van der Waals surface area contributed by atoms with E-state index in [-0.39, 0.29) is 0 Å². The van der Waals surface area contributed by atoms with Gasteiger partial charge >= 0.3 is 0 Å². The van der Waals surface area contributed by atoms with Crippen molar-refractivity contribution in [1.82, 2.24) is 0 Å². The Kier molecular flexibility index (Phi) is 4.33. The standard InChI is InChI=1S/C15H17BrO2S/c1-8-5-11(6-9(2)14(8)18-4)13(17)12-7-10(3)15(16)19-12/h5-7,13,17H,1-4H3. The van der Waals surface area contributed by atoms with Crippen LogP contribution in [0.5, 0.6) is 5.75 Å². The second kappa shape index (κ2) is 5.65. The van der Waals surface area contributed by atoms with Gasteiger partial charge in [-0.3, -0.25) is 0 Å². The van der Waals surface area contributed by atoms with Crippen molar-refractivity contribution in [1.29, 1.82) is 0 Å². The first-order chi connectivity index (χ1) is 8.93. The molecule has 1 heterocycles. The zero-order chi connectivity index (χ0) is 14.2. The number of rotatable bonds is 3. The second-order valence-corrected chi connectivity index (χ2v) is 7.10. The molecule has 0 aliphatic carbocycles. The van der Waals surface area contributed by atoms with Gasteiger partial charge in [-0.1, -0.05) is 0 Å². The maximum absolute atomic E-state index is 10.5. The van der Waals surface area contributed by atoms with Crippen LogP contribution in [-0.4, -0.2) is 12.2 Å². The zero-order valence-electron chi connectivity index (χ0n) is 11.5. The summed E-state index contributed by atoms with van der Waals surface area (Å²) in [6.45, 7) is 6.02. The summed E-state index contributed by atoms with van der Waals surface area (Å²) in [5.74, 6) is 0.888. The van der Waals surface area contributed by atoms with Gasteiger partial charge in [-0.05, 0) is 77.2 Å². The molecule has 0 amide bonds. The van der Waals surface area contributed by atoms with E-state index in [1.807, 2.05) is 39.0 Å². The monoisotopic (exact) mass is 340 g/mol. The molecule has 0 spiro atoms. The molecule has 0 aliphatic rings. The Morgan fingerprint density at radius 2 is 1.68 bits per heavy atom. The summed E-state index contributed by atoms with van der Waals surface area (Å²) in [4.78, 5) is 0.952. The van der Waals surface area contributed by atoms with Crippen molar-refractivity contribution >= 4 is 27.3 Å². The highest BCUT2D eigenvalue weighted by Gasteiger charge is 2.16. The van der Waals surface area contributed by atoms with E-state index >= 15 is 0 Å². The Morgan fingerprint density at radius 3 is 2.11 bits per heavy atom. The minimum absolute atomic E-state index is 0.585. The molecule has 2 aromatic rings. The molecule has 1 N–H and O–H groups in total. The third-order valence-electron chi connectivity index (χ3n) is 3.15. The van der Waals surface area contributed by atoms with Gasteiger partial charge in [0.05, 0.1) is 10.9 Å². The Morgan fingerprint density at radius 1 is 1.11 bits per heavy atom. The third-order valence-corrected chi connectivity index (χ3v) is 5.34. The summed E-state index contributed by atoms with van der Waals surface area (Å²) in [6.07, 6.45) is -0.585. The van der Waals surface area contributed by atoms with Crippen LogP contribution >= 0.6 is 27.3 Å². The molecule has 2 nitrogen and oxygen atoms in total. The van der Waals surface area contributed by atoms with E-state index in [0.717, 1.165) is 36.7 Å². The first kappa shape index (κ1) is 14.6. The molecular weight excluding hydrogens is 324 g/mol. The number of aryl methyl sites for hydroxylation is 3. The molecule has 2 rings (SSSR count). The molecule has 1 aromatic carbocycles. The van der Waals surface area contributed by atoms with E-state index in [0.29, 0.717) is 0 Å². The molecule has 19 heavy (non-hydrogen) atoms. The first-order valence-corrected chi connectivity index (χ1v) is 7.64. The molecule has 1 atom stereocenters. The number of methoxy groups -OCH3 is 1. The number of halogens is 1. The Hall–Kier alpha value is -0.840. The van der Waals surface area contributed by atoms with Crippen LogP contribution in [0.2, 0.25) is 0 Å². The number of hydrogen-bond acceptors (Lipinski definition) is 3. The number of aliphatic hydroxyl groups excluding tert-OH is 1. The number of benzene rings is 1. The number of aliphatic hydroxyl groups is 1. The van der Waals surface area contributed by atoms with E-state index in [1.54, 1.807) is 18.4 Å². The molecule has 0 radical (unpaired) electrons. The fourth-order valence-corrected chi connectivity index (χ4v) is 3.83. The van der Waals surface area contributed by atoms with Crippen molar-refractivity contribution in [3.8, 4) is 5.75 Å². The smallest absolute Gasteiger partial charge is 0.124 e. The second-order valence-electron chi connectivity index (χ2n) is 4.70. The first-order valence-electron chi connectivity index (χ1n) is 6.03. The van der Waals surface area contributed by atoms with Crippen molar-refractivity contribution in [2.45, 2.75) is 26.9 Å². The molecule has 4 heteroatoms. The predicted octanol–water partition coefficient (Wildman–Crippen LogP) is 4.53. The van der Waals surface area contributed by atoms with Crippen LogP contribution in [0.1, 0.15) is 33.2 Å².